The molecule has 1 N–H and O–H groups in total. The molecule has 1 aromatic heterocycles. The number of aromatic nitrogens is 2. The summed E-state index contributed by atoms with van der Waals surface area (Å²) in [5, 5.41) is 7.82. The van der Waals surface area contributed by atoms with E-state index in [4.69, 9.17) is 0 Å². The van der Waals surface area contributed by atoms with Crippen molar-refractivity contribution in [3.63, 3.8) is 0 Å². The van der Waals surface area contributed by atoms with Gasteiger partial charge < -0.3 is 5.32 Å². The fraction of sp³-hybridized carbons (Fsp3) is 0.304. The summed E-state index contributed by atoms with van der Waals surface area (Å²) in [5.41, 5.74) is 6.28. The molecule has 0 saturated carbocycles. The molecular formula is C23H27N3O. The van der Waals surface area contributed by atoms with Crippen molar-refractivity contribution in [2.45, 2.75) is 46.6 Å². The second-order valence-corrected chi connectivity index (χ2v) is 7.01. The molecule has 1 heterocycles. The third-order valence-electron chi connectivity index (χ3n) is 5.00. The average Bonchev–Trinajstić information content (AvgIpc) is 2.96. The summed E-state index contributed by atoms with van der Waals surface area (Å²) >= 11 is 0. The van der Waals surface area contributed by atoms with E-state index in [0.29, 0.717) is 6.42 Å². The van der Waals surface area contributed by atoms with Gasteiger partial charge in [-0.1, -0.05) is 55.0 Å². The number of nitrogens with one attached hydrogen (secondary N) is 1. The summed E-state index contributed by atoms with van der Waals surface area (Å²) in [6, 6.07) is 18.4. The van der Waals surface area contributed by atoms with Gasteiger partial charge in [0, 0.05) is 11.3 Å². The molecule has 0 bridgehead atoms. The van der Waals surface area contributed by atoms with Crippen molar-refractivity contribution in [2.75, 3.05) is 0 Å². The zero-order valence-electron chi connectivity index (χ0n) is 16.5. The highest BCUT2D eigenvalue weighted by atomic mass is 16.1. The minimum Gasteiger partial charge on any atom is -0.349 e. The van der Waals surface area contributed by atoms with Gasteiger partial charge in [0.2, 0.25) is 5.91 Å². The molecule has 2 aromatic carbocycles. The largest absolute Gasteiger partial charge is 0.349 e. The molecule has 0 aliphatic rings. The van der Waals surface area contributed by atoms with Gasteiger partial charge in [-0.15, -0.1) is 0 Å². The molecule has 0 fully saturated rings. The topological polar surface area (TPSA) is 46.9 Å². The number of carbonyl (C=O) groups is 1. The highest BCUT2D eigenvalue weighted by Gasteiger charge is 2.18. The summed E-state index contributed by atoms with van der Waals surface area (Å²) in [4.78, 5) is 12.7. The van der Waals surface area contributed by atoms with Crippen LogP contribution >= 0.6 is 0 Å². The Balaban J connectivity index is 1.76. The van der Waals surface area contributed by atoms with Crippen LogP contribution in [-0.4, -0.2) is 15.7 Å². The van der Waals surface area contributed by atoms with Crippen molar-refractivity contribution >= 4 is 5.91 Å². The zero-order valence-corrected chi connectivity index (χ0v) is 16.5. The summed E-state index contributed by atoms with van der Waals surface area (Å²) in [6.45, 7) is 8.15. The van der Waals surface area contributed by atoms with Crippen molar-refractivity contribution < 1.29 is 4.79 Å². The molecule has 1 amide bonds. The number of hydrogen-bond acceptors (Lipinski definition) is 2. The van der Waals surface area contributed by atoms with Crippen molar-refractivity contribution in [3.05, 3.63) is 82.7 Å². The van der Waals surface area contributed by atoms with Gasteiger partial charge in [0.1, 0.15) is 0 Å². The van der Waals surface area contributed by atoms with Crippen LogP contribution in [-0.2, 0) is 11.2 Å². The van der Waals surface area contributed by atoms with E-state index >= 15 is 0 Å². The van der Waals surface area contributed by atoms with Crippen molar-refractivity contribution in [2.24, 2.45) is 0 Å². The van der Waals surface area contributed by atoms with Crippen molar-refractivity contribution in [1.29, 1.82) is 0 Å². The lowest BCUT2D eigenvalue weighted by atomic mass is 10.0. The van der Waals surface area contributed by atoms with Crippen LogP contribution in [0.3, 0.4) is 0 Å². The molecule has 1 atom stereocenters. The summed E-state index contributed by atoms with van der Waals surface area (Å²) in [5.74, 6) is 0.0289. The Kier molecular flexibility index (Phi) is 5.75. The highest BCUT2D eigenvalue weighted by Crippen LogP contribution is 2.20. The molecule has 4 heteroatoms. The molecule has 0 aliphatic heterocycles. The minimum atomic E-state index is 0.0289. The second-order valence-electron chi connectivity index (χ2n) is 7.01. The maximum absolute atomic E-state index is 12.7. The predicted octanol–water partition coefficient (Wildman–Crippen LogP) is 4.61. The first-order valence-electron chi connectivity index (χ1n) is 9.46. The lowest BCUT2D eigenvalue weighted by molar-refractivity contribution is -0.121. The van der Waals surface area contributed by atoms with Crippen LogP contribution in [0, 0.1) is 20.8 Å². The van der Waals surface area contributed by atoms with Crippen LogP contribution in [0.2, 0.25) is 0 Å². The number of para-hydroxylation sites is 1. The van der Waals surface area contributed by atoms with Gasteiger partial charge in [-0.2, -0.15) is 5.10 Å². The first-order chi connectivity index (χ1) is 13.0. The highest BCUT2D eigenvalue weighted by molar-refractivity contribution is 5.79. The number of amides is 1. The van der Waals surface area contributed by atoms with Crippen molar-refractivity contribution in [3.8, 4) is 5.69 Å². The molecule has 0 spiro atoms. The van der Waals surface area contributed by atoms with E-state index < -0.39 is 0 Å². The van der Waals surface area contributed by atoms with Gasteiger partial charge >= 0.3 is 0 Å². The molecular weight excluding hydrogens is 334 g/mol. The van der Waals surface area contributed by atoms with Crippen LogP contribution in [0.5, 0.6) is 0 Å². The molecule has 0 aliphatic carbocycles. The van der Waals surface area contributed by atoms with Crippen LogP contribution in [0.1, 0.15) is 47.5 Å². The maximum Gasteiger partial charge on any atom is 0.225 e. The second kappa shape index (κ2) is 8.21. The Morgan fingerprint density at radius 1 is 1.04 bits per heavy atom. The van der Waals surface area contributed by atoms with Crippen LogP contribution in [0.4, 0.5) is 0 Å². The molecule has 140 valence electrons. The monoisotopic (exact) mass is 361 g/mol. The van der Waals surface area contributed by atoms with Gasteiger partial charge in [0.25, 0.3) is 0 Å². The third-order valence-corrected chi connectivity index (χ3v) is 5.00. The summed E-state index contributed by atoms with van der Waals surface area (Å²) in [7, 11) is 0. The SMILES string of the molecule is CC[C@@H](NC(=O)Cc1c(C)nn(-c2ccccc2)c1C)c1ccc(C)cc1. The molecule has 0 saturated heterocycles. The normalized spacial score (nSPS) is 12.0. The standard InChI is InChI=1S/C23H27N3O/c1-5-22(19-13-11-16(2)12-14-19)24-23(27)15-21-17(3)25-26(18(21)4)20-9-7-6-8-10-20/h6-14,22H,5,15H2,1-4H3,(H,24,27)/t22-/m1/s1. The fourth-order valence-electron chi connectivity index (χ4n) is 3.38. The third kappa shape index (κ3) is 4.27. The van der Waals surface area contributed by atoms with E-state index in [-0.39, 0.29) is 11.9 Å². The molecule has 3 rings (SSSR count). The quantitative estimate of drug-likeness (QED) is 0.697. The smallest absolute Gasteiger partial charge is 0.225 e. The fourth-order valence-corrected chi connectivity index (χ4v) is 3.38. The zero-order chi connectivity index (χ0) is 19.4. The lowest BCUT2D eigenvalue weighted by Crippen LogP contribution is -2.29. The Labute approximate surface area is 161 Å². The molecule has 0 unspecified atom stereocenters. The number of rotatable bonds is 6. The van der Waals surface area contributed by atoms with Crippen LogP contribution in [0.25, 0.3) is 5.69 Å². The first kappa shape index (κ1) is 18.9. The van der Waals surface area contributed by atoms with Gasteiger partial charge in [-0.25, -0.2) is 4.68 Å². The summed E-state index contributed by atoms with van der Waals surface area (Å²) in [6.07, 6.45) is 1.20. The van der Waals surface area contributed by atoms with Gasteiger partial charge in [-0.3, -0.25) is 4.79 Å². The van der Waals surface area contributed by atoms with Crippen LogP contribution < -0.4 is 5.32 Å². The van der Waals surface area contributed by atoms with E-state index in [2.05, 4.69) is 48.5 Å². The van der Waals surface area contributed by atoms with E-state index in [9.17, 15) is 4.79 Å². The van der Waals surface area contributed by atoms with E-state index in [1.54, 1.807) is 0 Å². The average molecular weight is 361 g/mol. The van der Waals surface area contributed by atoms with E-state index in [1.807, 2.05) is 48.9 Å². The first-order valence-corrected chi connectivity index (χ1v) is 9.46. The van der Waals surface area contributed by atoms with Gasteiger partial charge in [0.05, 0.1) is 23.8 Å². The van der Waals surface area contributed by atoms with Gasteiger partial charge in [-0.05, 0) is 44.9 Å². The minimum absolute atomic E-state index is 0.0289. The number of hydrogen-bond donors (Lipinski definition) is 1. The summed E-state index contributed by atoms with van der Waals surface area (Å²) < 4.78 is 1.91. The Morgan fingerprint density at radius 3 is 2.33 bits per heavy atom. The van der Waals surface area contributed by atoms with Gasteiger partial charge in [0.15, 0.2) is 0 Å². The Morgan fingerprint density at radius 2 is 1.70 bits per heavy atom. The lowest BCUT2D eigenvalue weighted by Gasteiger charge is -2.18. The van der Waals surface area contributed by atoms with Crippen molar-refractivity contribution in [1.82, 2.24) is 15.1 Å². The van der Waals surface area contributed by atoms with E-state index in [1.165, 1.54) is 5.56 Å². The molecule has 0 radical (unpaired) electrons. The Hall–Kier alpha value is -2.88. The Bertz CT molecular complexity index is 911. The predicted molar refractivity (Wildman–Crippen MR) is 109 cm³/mol. The maximum atomic E-state index is 12.7. The van der Waals surface area contributed by atoms with E-state index in [0.717, 1.165) is 34.6 Å². The molecule has 3 aromatic rings. The molecule has 27 heavy (non-hydrogen) atoms. The molecule has 4 nitrogen and oxygen atoms in total. The number of nitrogens with zero attached hydrogens (tertiary/aromatic N) is 2. The van der Waals surface area contributed by atoms with Crippen LogP contribution in [0.15, 0.2) is 54.6 Å². The number of aryl methyl sites for hydroxylation is 2. The number of benzene rings is 2. The number of carbonyl (C=O) groups excluding carboxylic acids is 1.